The SMILES string of the molecule is COc1ccc(C(CC(=O)O)NC(=O)C2CCCOC2)c(OC)c1. The van der Waals surface area contributed by atoms with Crippen LogP contribution in [0.5, 0.6) is 11.5 Å². The van der Waals surface area contributed by atoms with Gasteiger partial charge in [0.15, 0.2) is 0 Å². The van der Waals surface area contributed by atoms with Crippen LogP contribution in [0.3, 0.4) is 0 Å². The van der Waals surface area contributed by atoms with Gasteiger partial charge in [0.05, 0.1) is 39.2 Å². The van der Waals surface area contributed by atoms with Gasteiger partial charge in [0, 0.05) is 18.2 Å². The van der Waals surface area contributed by atoms with Crippen molar-refractivity contribution in [2.75, 3.05) is 27.4 Å². The highest BCUT2D eigenvalue weighted by Gasteiger charge is 2.27. The lowest BCUT2D eigenvalue weighted by atomic mass is 9.98. The van der Waals surface area contributed by atoms with E-state index in [9.17, 15) is 14.7 Å². The van der Waals surface area contributed by atoms with Gasteiger partial charge in [0.25, 0.3) is 0 Å². The molecule has 2 unspecified atom stereocenters. The number of nitrogens with one attached hydrogen (secondary N) is 1. The number of carbonyl (C=O) groups is 2. The fraction of sp³-hybridized carbons (Fsp3) is 0.529. The van der Waals surface area contributed by atoms with Gasteiger partial charge in [0.2, 0.25) is 5.91 Å². The van der Waals surface area contributed by atoms with Gasteiger partial charge >= 0.3 is 5.97 Å². The number of rotatable bonds is 7. The molecule has 132 valence electrons. The average Bonchev–Trinajstić information content (AvgIpc) is 2.60. The number of ether oxygens (including phenoxy) is 3. The van der Waals surface area contributed by atoms with E-state index >= 15 is 0 Å². The molecule has 1 aromatic carbocycles. The van der Waals surface area contributed by atoms with Crippen LogP contribution >= 0.6 is 0 Å². The maximum Gasteiger partial charge on any atom is 0.305 e. The summed E-state index contributed by atoms with van der Waals surface area (Å²) in [6.07, 6.45) is 1.33. The summed E-state index contributed by atoms with van der Waals surface area (Å²) in [4.78, 5) is 23.7. The van der Waals surface area contributed by atoms with E-state index in [1.54, 1.807) is 18.2 Å². The van der Waals surface area contributed by atoms with Crippen molar-refractivity contribution in [2.24, 2.45) is 5.92 Å². The lowest BCUT2D eigenvalue weighted by molar-refractivity contribution is -0.138. The average molecular weight is 337 g/mol. The summed E-state index contributed by atoms with van der Waals surface area (Å²) in [7, 11) is 3.03. The van der Waals surface area contributed by atoms with Crippen molar-refractivity contribution < 1.29 is 28.9 Å². The maximum absolute atomic E-state index is 12.4. The van der Waals surface area contributed by atoms with E-state index in [0.717, 1.165) is 12.8 Å². The van der Waals surface area contributed by atoms with Crippen LogP contribution in [0.15, 0.2) is 18.2 Å². The van der Waals surface area contributed by atoms with Crippen LogP contribution in [0.4, 0.5) is 0 Å². The van der Waals surface area contributed by atoms with E-state index in [4.69, 9.17) is 14.2 Å². The van der Waals surface area contributed by atoms with E-state index in [1.165, 1.54) is 14.2 Å². The molecule has 2 rings (SSSR count). The van der Waals surface area contributed by atoms with Gasteiger partial charge in [-0.05, 0) is 25.0 Å². The molecule has 0 saturated carbocycles. The van der Waals surface area contributed by atoms with Crippen molar-refractivity contribution in [1.29, 1.82) is 0 Å². The molecule has 2 N–H and O–H groups in total. The smallest absolute Gasteiger partial charge is 0.305 e. The molecule has 0 radical (unpaired) electrons. The highest BCUT2D eigenvalue weighted by atomic mass is 16.5. The van der Waals surface area contributed by atoms with Crippen LogP contribution in [0.1, 0.15) is 30.9 Å². The molecule has 1 saturated heterocycles. The third-order valence-electron chi connectivity index (χ3n) is 4.04. The highest BCUT2D eigenvalue weighted by Crippen LogP contribution is 2.31. The van der Waals surface area contributed by atoms with E-state index in [1.807, 2.05) is 0 Å². The highest BCUT2D eigenvalue weighted by molar-refractivity contribution is 5.80. The predicted octanol–water partition coefficient (Wildman–Crippen LogP) is 1.76. The molecule has 0 spiro atoms. The summed E-state index contributed by atoms with van der Waals surface area (Å²) in [6.45, 7) is 1.03. The molecular formula is C17H23NO6. The van der Waals surface area contributed by atoms with Crippen LogP contribution in [0, 0.1) is 5.92 Å². The third kappa shape index (κ3) is 4.61. The number of carboxylic acids is 1. The molecule has 1 aromatic rings. The van der Waals surface area contributed by atoms with Crippen molar-refractivity contribution in [1.82, 2.24) is 5.32 Å². The van der Waals surface area contributed by atoms with Gasteiger partial charge in [-0.1, -0.05) is 0 Å². The lowest BCUT2D eigenvalue weighted by Crippen LogP contribution is -2.38. The summed E-state index contributed by atoms with van der Waals surface area (Å²) >= 11 is 0. The number of carbonyl (C=O) groups excluding carboxylic acids is 1. The van der Waals surface area contributed by atoms with Crippen LogP contribution < -0.4 is 14.8 Å². The first-order chi connectivity index (χ1) is 11.5. The molecule has 7 heteroatoms. The number of amides is 1. The van der Waals surface area contributed by atoms with Crippen molar-refractivity contribution in [3.8, 4) is 11.5 Å². The zero-order valence-corrected chi connectivity index (χ0v) is 13.9. The molecule has 1 amide bonds. The Morgan fingerprint density at radius 1 is 1.38 bits per heavy atom. The Hall–Kier alpha value is -2.28. The zero-order chi connectivity index (χ0) is 17.5. The molecule has 2 atom stereocenters. The topological polar surface area (TPSA) is 94.1 Å². The summed E-state index contributed by atoms with van der Waals surface area (Å²) in [5, 5.41) is 12.0. The van der Waals surface area contributed by atoms with Crippen LogP contribution in [-0.2, 0) is 14.3 Å². The van der Waals surface area contributed by atoms with Crippen molar-refractivity contribution in [2.45, 2.75) is 25.3 Å². The van der Waals surface area contributed by atoms with Crippen LogP contribution in [0.2, 0.25) is 0 Å². The standard InChI is InChI=1S/C17H23NO6/c1-22-12-5-6-13(15(8-12)23-2)14(9-16(19)20)18-17(21)11-4-3-7-24-10-11/h5-6,8,11,14H,3-4,7,9-10H2,1-2H3,(H,18,21)(H,19,20). The second kappa shape index (κ2) is 8.54. The number of hydrogen-bond donors (Lipinski definition) is 2. The van der Waals surface area contributed by atoms with Crippen LogP contribution in [0.25, 0.3) is 0 Å². The van der Waals surface area contributed by atoms with E-state index in [2.05, 4.69) is 5.32 Å². The molecule has 1 aliphatic heterocycles. The van der Waals surface area contributed by atoms with Crippen molar-refractivity contribution in [3.63, 3.8) is 0 Å². The Labute approximate surface area is 140 Å². The Morgan fingerprint density at radius 2 is 2.17 bits per heavy atom. The Bertz CT molecular complexity index is 582. The second-order valence-electron chi connectivity index (χ2n) is 5.68. The lowest BCUT2D eigenvalue weighted by Gasteiger charge is -2.25. The Balaban J connectivity index is 2.21. The summed E-state index contributed by atoms with van der Waals surface area (Å²) in [5.74, 6) is -0.381. The first kappa shape index (κ1) is 18.1. The largest absolute Gasteiger partial charge is 0.497 e. The van der Waals surface area contributed by atoms with Gasteiger partial charge < -0.3 is 24.6 Å². The Kier molecular flexibility index (Phi) is 6.43. The first-order valence-corrected chi connectivity index (χ1v) is 7.87. The zero-order valence-electron chi connectivity index (χ0n) is 13.9. The molecule has 24 heavy (non-hydrogen) atoms. The molecule has 0 aromatic heterocycles. The van der Waals surface area contributed by atoms with E-state index in [0.29, 0.717) is 30.3 Å². The number of hydrogen-bond acceptors (Lipinski definition) is 5. The van der Waals surface area contributed by atoms with Gasteiger partial charge in [-0.2, -0.15) is 0 Å². The van der Waals surface area contributed by atoms with E-state index < -0.39 is 12.0 Å². The molecule has 0 aliphatic carbocycles. The maximum atomic E-state index is 12.4. The monoisotopic (exact) mass is 337 g/mol. The molecule has 1 heterocycles. The van der Waals surface area contributed by atoms with E-state index in [-0.39, 0.29) is 18.2 Å². The summed E-state index contributed by atoms with van der Waals surface area (Å²) in [6, 6.07) is 4.41. The number of carboxylic acid groups (broad SMARTS) is 1. The fourth-order valence-corrected chi connectivity index (χ4v) is 2.76. The molecule has 0 bridgehead atoms. The summed E-state index contributed by atoms with van der Waals surface area (Å²) < 4.78 is 15.8. The van der Waals surface area contributed by atoms with Crippen molar-refractivity contribution in [3.05, 3.63) is 23.8 Å². The number of benzene rings is 1. The van der Waals surface area contributed by atoms with Crippen LogP contribution in [-0.4, -0.2) is 44.4 Å². The minimum Gasteiger partial charge on any atom is -0.497 e. The minimum absolute atomic E-state index is 0.196. The van der Waals surface area contributed by atoms with Gasteiger partial charge in [0.1, 0.15) is 11.5 Å². The fourth-order valence-electron chi connectivity index (χ4n) is 2.76. The quantitative estimate of drug-likeness (QED) is 0.787. The number of methoxy groups -OCH3 is 2. The van der Waals surface area contributed by atoms with Gasteiger partial charge in [-0.25, -0.2) is 0 Å². The minimum atomic E-state index is -1.00. The van der Waals surface area contributed by atoms with Gasteiger partial charge in [-0.15, -0.1) is 0 Å². The summed E-state index contributed by atoms with van der Waals surface area (Å²) in [5.41, 5.74) is 0.603. The molecule has 1 aliphatic rings. The Morgan fingerprint density at radius 3 is 2.75 bits per heavy atom. The molecular weight excluding hydrogens is 314 g/mol. The van der Waals surface area contributed by atoms with Gasteiger partial charge in [-0.3, -0.25) is 9.59 Å². The predicted molar refractivity (Wildman–Crippen MR) is 86.2 cm³/mol. The number of aliphatic carboxylic acids is 1. The second-order valence-corrected chi connectivity index (χ2v) is 5.68. The first-order valence-electron chi connectivity index (χ1n) is 7.87. The van der Waals surface area contributed by atoms with Crippen molar-refractivity contribution >= 4 is 11.9 Å². The third-order valence-corrected chi connectivity index (χ3v) is 4.04. The molecule has 7 nitrogen and oxygen atoms in total. The molecule has 1 fully saturated rings. The normalized spacial score (nSPS) is 18.5.